The molecule has 0 fully saturated rings. The van der Waals surface area contributed by atoms with Crippen LogP contribution in [0.25, 0.3) is 11.0 Å². The maximum atomic E-state index is 12.5. The summed E-state index contributed by atoms with van der Waals surface area (Å²) in [7, 11) is 0. The van der Waals surface area contributed by atoms with Gasteiger partial charge < -0.3 is 9.32 Å². The molecule has 0 aliphatic rings. The van der Waals surface area contributed by atoms with Gasteiger partial charge in [-0.25, -0.2) is 4.79 Å². The van der Waals surface area contributed by atoms with E-state index < -0.39 is 0 Å². The second-order valence-electron chi connectivity index (χ2n) is 6.01. The summed E-state index contributed by atoms with van der Waals surface area (Å²) >= 11 is 0. The smallest absolute Gasteiger partial charge is 0.340 e. The number of aryl methyl sites for hydroxylation is 1. The van der Waals surface area contributed by atoms with Crippen LogP contribution >= 0.6 is 0 Å². The van der Waals surface area contributed by atoms with Crippen LogP contribution in [0.1, 0.15) is 30.5 Å². The van der Waals surface area contributed by atoms with Crippen LogP contribution in [0.4, 0.5) is 5.69 Å². The van der Waals surface area contributed by atoms with Gasteiger partial charge in [0.1, 0.15) is 5.58 Å². The first-order valence-electron chi connectivity index (χ1n) is 8.49. The molecular weight excluding hydrogens is 298 g/mol. The highest BCUT2D eigenvalue weighted by Crippen LogP contribution is 2.26. The van der Waals surface area contributed by atoms with E-state index in [0.717, 1.165) is 40.9 Å². The lowest BCUT2D eigenvalue weighted by molar-refractivity contribution is 0.551. The van der Waals surface area contributed by atoms with Crippen LogP contribution in [0.3, 0.4) is 0 Å². The van der Waals surface area contributed by atoms with Gasteiger partial charge in [0.25, 0.3) is 0 Å². The summed E-state index contributed by atoms with van der Waals surface area (Å²) in [4.78, 5) is 14.7. The van der Waals surface area contributed by atoms with E-state index in [9.17, 15) is 4.79 Å². The highest BCUT2D eigenvalue weighted by Gasteiger charge is 2.13. The average Bonchev–Trinajstić information content (AvgIpc) is 2.60. The Bertz CT molecular complexity index is 893. The molecule has 0 aliphatic carbocycles. The molecule has 1 aromatic heterocycles. The van der Waals surface area contributed by atoms with E-state index in [-0.39, 0.29) is 5.63 Å². The van der Waals surface area contributed by atoms with Gasteiger partial charge in [-0.15, -0.1) is 0 Å². The minimum atomic E-state index is -0.236. The average molecular weight is 321 g/mol. The van der Waals surface area contributed by atoms with Crippen molar-refractivity contribution in [3.63, 3.8) is 0 Å². The van der Waals surface area contributed by atoms with Gasteiger partial charge in [-0.2, -0.15) is 0 Å². The van der Waals surface area contributed by atoms with Gasteiger partial charge in [-0.1, -0.05) is 30.3 Å². The molecule has 0 amide bonds. The standard InChI is InChI=1S/C21H23NO2/c1-4-22(5-2)17-11-12-18-15(3)19(21(23)24-20(18)14-17)13-16-9-7-6-8-10-16/h6-12,14H,4-5,13H2,1-3H3. The summed E-state index contributed by atoms with van der Waals surface area (Å²) in [6.07, 6.45) is 0.600. The van der Waals surface area contributed by atoms with E-state index in [0.29, 0.717) is 12.0 Å². The molecule has 3 heteroatoms. The first-order valence-corrected chi connectivity index (χ1v) is 8.49. The molecule has 3 nitrogen and oxygen atoms in total. The summed E-state index contributed by atoms with van der Waals surface area (Å²) in [5.74, 6) is 0. The van der Waals surface area contributed by atoms with Gasteiger partial charge in [-0.05, 0) is 44.0 Å². The Morgan fingerprint density at radius 1 is 1.00 bits per heavy atom. The van der Waals surface area contributed by atoms with Crippen molar-refractivity contribution in [2.24, 2.45) is 0 Å². The van der Waals surface area contributed by atoms with E-state index >= 15 is 0 Å². The molecule has 2 aromatic carbocycles. The fourth-order valence-electron chi connectivity index (χ4n) is 3.17. The monoisotopic (exact) mass is 321 g/mol. The summed E-state index contributed by atoms with van der Waals surface area (Å²) in [6.45, 7) is 8.11. The molecule has 0 saturated heterocycles. The Kier molecular flexibility index (Phi) is 4.70. The molecule has 24 heavy (non-hydrogen) atoms. The van der Waals surface area contributed by atoms with Crippen LogP contribution < -0.4 is 10.5 Å². The molecule has 0 N–H and O–H groups in total. The van der Waals surface area contributed by atoms with E-state index in [4.69, 9.17) is 4.42 Å². The SMILES string of the molecule is CCN(CC)c1ccc2c(C)c(Cc3ccccc3)c(=O)oc2c1. The van der Waals surface area contributed by atoms with Crippen molar-refractivity contribution in [3.05, 3.63) is 75.6 Å². The van der Waals surface area contributed by atoms with Crippen molar-refractivity contribution in [3.8, 4) is 0 Å². The van der Waals surface area contributed by atoms with Gasteiger partial charge in [-0.3, -0.25) is 0 Å². The predicted molar refractivity (Wildman–Crippen MR) is 100 cm³/mol. The summed E-state index contributed by atoms with van der Waals surface area (Å²) in [6, 6.07) is 16.2. The summed E-state index contributed by atoms with van der Waals surface area (Å²) in [5.41, 5.74) is 4.39. The first-order chi connectivity index (χ1) is 11.6. The minimum Gasteiger partial charge on any atom is -0.422 e. The quantitative estimate of drug-likeness (QED) is 0.647. The maximum absolute atomic E-state index is 12.5. The summed E-state index contributed by atoms with van der Waals surface area (Å²) < 4.78 is 5.64. The molecule has 0 radical (unpaired) electrons. The number of hydrogen-bond donors (Lipinski definition) is 0. The Labute approximate surface area is 142 Å². The van der Waals surface area contributed by atoms with Gasteiger partial charge in [0.05, 0.1) is 0 Å². The lowest BCUT2D eigenvalue weighted by Gasteiger charge is -2.21. The molecule has 124 valence electrons. The number of benzene rings is 2. The third-order valence-corrected chi connectivity index (χ3v) is 4.62. The number of anilines is 1. The van der Waals surface area contributed by atoms with E-state index in [2.05, 4.69) is 30.9 Å². The van der Waals surface area contributed by atoms with Crippen molar-refractivity contribution >= 4 is 16.7 Å². The molecule has 0 bridgehead atoms. The normalized spacial score (nSPS) is 11.0. The number of fused-ring (bicyclic) bond motifs is 1. The molecule has 3 rings (SSSR count). The molecule has 0 unspecified atom stereocenters. The second kappa shape index (κ2) is 6.91. The molecule has 3 aromatic rings. The van der Waals surface area contributed by atoms with Crippen LogP contribution in [-0.2, 0) is 6.42 Å². The lowest BCUT2D eigenvalue weighted by atomic mass is 9.99. The van der Waals surface area contributed by atoms with Gasteiger partial charge in [0, 0.05) is 42.2 Å². The van der Waals surface area contributed by atoms with Crippen molar-refractivity contribution in [2.75, 3.05) is 18.0 Å². The van der Waals surface area contributed by atoms with Crippen molar-refractivity contribution < 1.29 is 4.42 Å². The first kappa shape index (κ1) is 16.3. The topological polar surface area (TPSA) is 33.5 Å². The predicted octanol–water partition coefficient (Wildman–Crippen LogP) is 4.54. The van der Waals surface area contributed by atoms with Gasteiger partial charge in [0.15, 0.2) is 0 Å². The number of hydrogen-bond acceptors (Lipinski definition) is 3. The molecule has 1 heterocycles. The van der Waals surface area contributed by atoms with Crippen molar-refractivity contribution in [1.29, 1.82) is 0 Å². The molecule has 0 atom stereocenters. The fraction of sp³-hybridized carbons (Fsp3) is 0.286. The van der Waals surface area contributed by atoms with Crippen LogP contribution in [0.2, 0.25) is 0 Å². The van der Waals surface area contributed by atoms with Crippen molar-refractivity contribution in [1.82, 2.24) is 0 Å². The van der Waals surface area contributed by atoms with Crippen LogP contribution in [-0.4, -0.2) is 13.1 Å². The lowest BCUT2D eigenvalue weighted by Crippen LogP contribution is -2.21. The molecule has 0 saturated carbocycles. The Balaban J connectivity index is 2.08. The van der Waals surface area contributed by atoms with Crippen molar-refractivity contribution in [2.45, 2.75) is 27.2 Å². The van der Waals surface area contributed by atoms with Crippen LogP contribution in [0, 0.1) is 6.92 Å². The number of nitrogens with zero attached hydrogens (tertiary/aromatic N) is 1. The summed E-state index contributed by atoms with van der Waals surface area (Å²) in [5, 5.41) is 1.01. The number of rotatable bonds is 5. The fourth-order valence-corrected chi connectivity index (χ4v) is 3.17. The zero-order valence-electron chi connectivity index (χ0n) is 14.5. The molecule has 0 spiro atoms. The van der Waals surface area contributed by atoms with E-state index in [1.807, 2.05) is 43.3 Å². The molecular formula is C21H23NO2. The van der Waals surface area contributed by atoms with Gasteiger partial charge in [0.2, 0.25) is 0 Å². The van der Waals surface area contributed by atoms with Crippen LogP contribution in [0.15, 0.2) is 57.7 Å². The molecule has 0 aliphatic heterocycles. The Morgan fingerprint density at radius 3 is 2.38 bits per heavy atom. The second-order valence-corrected chi connectivity index (χ2v) is 6.01. The third kappa shape index (κ3) is 3.07. The largest absolute Gasteiger partial charge is 0.422 e. The Hall–Kier alpha value is -2.55. The van der Waals surface area contributed by atoms with Crippen LogP contribution in [0.5, 0.6) is 0 Å². The minimum absolute atomic E-state index is 0.236. The highest BCUT2D eigenvalue weighted by atomic mass is 16.4. The van der Waals surface area contributed by atoms with E-state index in [1.165, 1.54) is 0 Å². The van der Waals surface area contributed by atoms with E-state index in [1.54, 1.807) is 0 Å². The zero-order chi connectivity index (χ0) is 17.1. The Morgan fingerprint density at radius 2 is 1.71 bits per heavy atom. The third-order valence-electron chi connectivity index (χ3n) is 4.62. The highest BCUT2D eigenvalue weighted by molar-refractivity contribution is 5.84. The maximum Gasteiger partial charge on any atom is 0.340 e. The zero-order valence-corrected chi connectivity index (χ0v) is 14.5. The van der Waals surface area contributed by atoms with Gasteiger partial charge >= 0.3 is 5.63 Å².